The summed E-state index contributed by atoms with van der Waals surface area (Å²) in [6, 6.07) is 2.18. The molecule has 7 nitrogen and oxygen atoms in total. The maximum atomic E-state index is 5.99. The lowest BCUT2D eigenvalue weighted by molar-refractivity contribution is 0.752. The van der Waals surface area contributed by atoms with Crippen molar-refractivity contribution in [2.24, 2.45) is 5.73 Å². The third-order valence-corrected chi connectivity index (χ3v) is 3.61. The van der Waals surface area contributed by atoms with Crippen molar-refractivity contribution in [2.45, 2.75) is 12.5 Å². The van der Waals surface area contributed by atoms with E-state index < -0.39 is 0 Å². The van der Waals surface area contributed by atoms with Gasteiger partial charge in [0.15, 0.2) is 11.3 Å². The first-order valence-corrected chi connectivity index (χ1v) is 6.28. The standard InChI is InChI=1S/C12H13N7/c13-7-2-4-19(6-7)9-5-15-16-12-10(9)8-1-3-14-11(8)17-18-12/h1,3,5,7H,2,4,6,13H2,(H,16,18). The number of fused-ring (bicyclic) bond motifs is 3. The van der Waals surface area contributed by atoms with Gasteiger partial charge in [-0.25, -0.2) is 4.98 Å². The molecule has 3 N–H and O–H groups in total. The fourth-order valence-corrected chi connectivity index (χ4v) is 2.68. The number of hydrogen-bond acceptors (Lipinski definition) is 6. The van der Waals surface area contributed by atoms with Crippen LogP contribution in [0.2, 0.25) is 0 Å². The van der Waals surface area contributed by atoms with Crippen molar-refractivity contribution >= 4 is 27.8 Å². The lowest BCUT2D eigenvalue weighted by Gasteiger charge is -2.19. The second kappa shape index (κ2) is 3.86. The molecule has 7 heteroatoms. The molecule has 4 heterocycles. The van der Waals surface area contributed by atoms with Gasteiger partial charge in [-0.05, 0) is 12.5 Å². The Bertz CT molecular complexity index is 750. The Labute approximate surface area is 108 Å². The van der Waals surface area contributed by atoms with Crippen LogP contribution in [0.3, 0.4) is 0 Å². The summed E-state index contributed by atoms with van der Waals surface area (Å²) in [4.78, 5) is 6.45. The molecule has 4 rings (SSSR count). The van der Waals surface area contributed by atoms with Crippen LogP contribution in [-0.4, -0.2) is 44.5 Å². The molecular weight excluding hydrogens is 242 g/mol. The van der Waals surface area contributed by atoms with Crippen molar-refractivity contribution in [3.63, 3.8) is 0 Å². The molecule has 19 heavy (non-hydrogen) atoms. The van der Waals surface area contributed by atoms with E-state index in [-0.39, 0.29) is 6.04 Å². The number of aromatic nitrogens is 5. The molecule has 3 aromatic rings. The Morgan fingerprint density at radius 1 is 1.37 bits per heavy atom. The summed E-state index contributed by atoms with van der Waals surface area (Å²) < 4.78 is 0. The number of hydrogen-bond donors (Lipinski definition) is 2. The zero-order chi connectivity index (χ0) is 12.8. The predicted molar refractivity (Wildman–Crippen MR) is 71.8 cm³/mol. The predicted octanol–water partition coefficient (Wildman–Crippen LogP) is 0.438. The summed E-state index contributed by atoms with van der Waals surface area (Å²) in [6.45, 7) is 1.79. The van der Waals surface area contributed by atoms with E-state index in [9.17, 15) is 0 Å². The highest BCUT2D eigenvalue weighted by Gasteiger charge is 2.22. The minimum absolute atomic E-state index is 0.224. The van der Waals surface area contributed by atoms with E-state index in [1.807, 2.05) is 12.3 Å². The highest BCUT2D eigenvalue weighted by molar-refractivity contribution is 6.08. The van der Waals surface area contributed by atoms with Crippen LogP contribution in [0.1, 0.15) is 6.42 Å². The van der Waals surface area contributed by atoms with E-state index in [4.69, 9.17) is 5.73 Å². The lowest BCUT2D eigenvalue weighted by Crippen LogP contribution is -2.26. The van der Waals surface area contributed by atoms with Crippen LogP contribution in [0.25, 0.3) is 22.1 Å². The monoisotopic (exact) mass is 255 g/mol. The maximum absolute atomic E-state index is 5.99. The molecule has 0 saturated carbocycles. The normalized spacial score (nSPS) is 19.6. The second-order valence-electron chi connectivity index (χ2n) is 4.86. The number of aromatic amines is 1. The molecule has 3 aromatic heterocycles. The maximum Gasteiger partial charge on any atom is 0.182 e. The Balaban J connectivity index is 2.01. The molecule has 0 aliphatic carbocycles. The molecule has 1 saturated heterocycles. The number of nitrogens with zero attached hydrogens (tertiary/aromatic N) is 5. The molecule has 1 fully saturated rings. The minimum Gasteiger partial charge on any atom is -0.368 e. The molecule has 0 aromatic carbocycles. The Morgan fingerprint density at radius 3 is 3.16 bits per heavy atom. The van der Waals surface area contributed by atoms with E-state index >= 15 is 0 Å². The van der Waals surface area contributed by atoms with Gasteiger partial charge in [0, 0.05) is 30.7 Å². The Morgan fingerprint density at radius 2 is 2.32 bits per heavy atom. The number of rotatable bonds is 1. The van der Waals surface area contributed by atoms with Crippen LogP contribution in [-0.2, 0) is 0 Å². The van der Waals surface area contributed by atoms with Crippen LogP contribution < -0.4 is 10.6 Å². The van der Waals surface area contributed by atoms with Crippen LogP contribution in [0.4, 0.5) is 5.69 Å². The van der Waals surface area contributed by atoms with Gasteiger partial charge >= 0.3 is 0 Å². The summed E-state index contributed by atoms with van der Waals surface area (Å²) in [5, 5.41) is 17.3. The largest absolute Gasteiger partial charge is 0.368 e. The van der Waals surface area contributed by atoms with Gasteiger partial charge in [-0.2, -0.15) is 5.10 Å². The third kappa shape index (κ3) is 1.55. The lowest BCUT2D eigenvalue weighted by atomic mass is 10.2. The number of nitrogens with one attached hydrogen (secondary N) is 1. The van der Waals surface area contributed by atoms with Gasteiger partial charge in [0.1, 0.15) is 0 Å². The second-order valence-corrected chi connectivity index (χ2v) is 4.86. The van der Waals surface area contributed by atoms with Crippen LogP contribution in [0.5, 0.6) is 0 Å². The van der Waals surface area contributed by atoms with Gasteiger partial charge in [-0.15, -0.1) is 10.2 Å². The molecule has 96 valence electrons. The quantitative estimate of drug-likeness (QED) is 0.655. The van der Waals surface area contributed by atoms with E-state index in [1.54, 1.807) is 6.20 Å². The topological polar surface area (TPSA) is 96.6 Å². The number of nitrogens with two attached hydrogens (primary N) is 1. The van der Waals surface area contributed by atoms with Crippen molar-refractivity contribution in [2.75, 3.05) is 18.0 Å². The zero-order valence-corrected chi connectivity index (χ0v) is 10.2. The van der Waals surface area contributed by atoms with E-state index in [1.165, 1.54) is 0 Å². The summed E-state index contributed by atoms with van der Waals surface area (Å²) in [5.74, 6) is 0. The van der Waals surface area contributed by atoms with Crippen molar-refractivity contribution in [3.05, 3.63) is 18.5 Å². The highest BCUT2D eigenvalue weighted by Crippen LogP contribution is 2.30. The van der Waals surface area contributed by atoms with Crippen LogP contribution >= 0.6 is 0 Å². The minimum atomic E-state index is 0.224. The van der Waals surface area contributed by atoms with Crippen molar-refractivity contribution in [3.8, 4) is 0 Å². The summed E-state index contributed by atoms with van der Waals surface area (Å²) in [6.07, 6.45) is 4.58. The molecule has 0 amide bonds. The van der Waals surface area contributed by atoms with Gasteiger partial charge in [-0.3, -0.25) is 5.10 Å². The molecule has 1 unspecified atom stereocenters. The fourth-order valence-electron chi connectivity index (χ4n) is 2.68. The molecular formula is C12H13N7. The van der Waals surface area contributed by atoms with E-state index in [0.717, 1.165) is 36.0 Å². The van der Waals surface area contributed by atoms with Crippen molar-refractivity contribution < 1.29 is 0 Å². The smallest absolute Gasteiger partial charge is 0.182 e. The molecule has 1 aliphatic heterocycles. The first-order chi connectivity index (χ1) is 9.33. The molecule has 0 bridgehead atoms. The third-order valence-electron chi connectivity index (χ3n) is 3.61. The van der Waals surface area contributed by atoms with Gasteiger partial charge < -0.3 is 10.6 Å². The molecule has 0 spiro atoms. The van der Waals surface area contributed by atoms with Crippen molar-refractivity contribution in [1.82, 2.24) is 25.4 Å². The first-order valence-electron chi connectivity index (χ1n) is 6.28. The average molecular weight is 255 g/mol. The van der Waals surface area contributed by atoms with Crippen LogP contribution in [0, 0.1) is 0 Å². The highest BCUT2D eigenvalue weighted by atomic mass is 15.2. The number of anilines is 1. The van der Waals surface area contributed by atoms with Gasteiger partial charge in [-0.1, -0.05) is 0 Å². The summed E-state index contributed by atoms with van der Waals surface area (Å²) >= 11 is 0. The summed E-state index contributed by atoms with van der Waals surface area (Å²) in [7, 11) is 0. The average Bonchev–Trinajstić information content (AvgIpc) is 3.06. The SMILES string of the molecule is NC1CCN(c2cn[nH]c3nnc4nccc4c23)C1. The first kappa shape index (κ1) is 10.6. The zero-order valence-electron chi connectivity index (χ0n) is 10.2. The van der Waals surface area contributed by atoms with Gasteiger partial charge in [0.25, 0.3) is 0 Å². The molecule has 0 radical (unpaired) electrons. The Hall–Kier alpha value is -2.28. The number of H-pyrrole nitrogens is 1. The van der Waals surface area contributed by atoms with Crippen LogP contribution in [0.15, 0.2) is 18.5 Å². The van der Waals surface area contributed by atoms with E-state index in [0.29, 0.717) is 11.3 Å². The Kier molecular flexibility index (Phi) is 2.16. The fraction of sp³-hybridized carbons (Fsp3) is 0.333. The van der Waals surface area contributed by atoms with Gasteiger partial charge in [0.2, 0.25) is 0 Å². The molecule has 1 aliphatic rings. The van der Waals surface area contributed by atoms with Crippen molar-refractivity contribution in [1.29, 1.82) is 0 Å². The van der Waals surface area contributed by atoms with E-state index in [2.05, 4.69) is 30.3 Å². The van der Waals surface area contributed by atoms with Gasteiger partial charge in [0.05, 0.1) is 17.3 Å². The summed E-state index contributed by atoms with van der Waals surface area (Å²) in [5.41, 5.74) is 8.38. The molecule has 1 atom stereocenters.